The van der Waals surface area contributed by atoms with Crippen molar-refractivity contribution in [2.24, 2.45) is 5.92 Å². The quantitative estimate of drug-likeness (QED) is 0.322. The molecule has 0 bridgehead atoms. The van der Waals surface area contributed by atoms with E-state index in [0.29, 0.717) is 13.2 Å². The molecule has 0 saturated heterocycles. The molecule has 1 aliphatic carbocycles. The average molecular weight is 392 g/mol. The van der Waals surface area contributed by atoms with Crippen molar-refractivity contribution in [3.05, 3.63) is 95.1 Å². The van der Waals surface area contributed by atoms with Crippen LogP contribution in [-0.4, -0.2) is 26.8 Å². The molecule has 4 nitrogen and oxygen atoms in total. The Balaban J connectivity index is 2.02. The minimum Gasteiger partial charge on any atom is -0.380 e. The number of ketones is 1. The van der Waals surface area contributed by atoms with Gasteiger partial charge in [-0.3, -0.25) is 4.79 Å². The lowest BCUT2D eigenvalue weighted by atomic mass is 9.76. The third kappa shape index (κ3) is 5.51. The van der Waals surface area contributed by atoms with Crippen LogP contribution in [-0.2, 0) is 27.4 Å². The van der Waals surface area contributed by atoms with Crippen LogP contribution in [0.2, 0.25) is 0 Å². The first-order valence-corrected chi connectivity index (χ1v) is 9.84. The Morgan fingerprint density at radius 1 is 1.03 bits per heavy atom. The van der Waals surface area contributed by atoms with E-state index in [1.54, 1.807) is 14.2 Å². The molecule has 0 radical (unpaired) electrons. The molecule has 2 atom stereocenters. The van der Waals surface area contributed by atoms with E-state index in [2.05, 4.69) is 18.2 Å². The summed E-state index contributed by atoms with van der Waals surface area (Å²) in [4.78, 5) is 13.6. The number of benzene rings is 2. The number of carbonyl (C=O) groups is 1. The molecule has 0 saturated carbocycles. The molecule has 0 heterocycles. The van der Waals surface area contributed by atoms with E-state index in [4.69, 9.17) is 14.2 Å². The van der Waals surface area contributed by atoms with Crippen LogP contribution in [0.1, 0.15) is 39.4 Å². The number of rotatable bonds is 10. The fourth-order valence-electron chi connectivity index (χ4n) is 3.75. The van der Waals surface area contributed by atoms with Gasteiger partial charge in [0.05, 0.1) is 19.1 Å². The summed E-state index contributed by atoms with van der Waals surface area (Å²) in [5, 5.41) is 0. The second-order valence-corrected chi connectivity index (χ2v) is 7.14. The Morgan fingerprint density at radius 2 is 1.86 bits per heavy atom. The molecular formula is C25H28O4. The zero-order valence-corrected chi connectivity index (χ0v) is 17.0. The molecule has 4 heteroatoms. The van der Waals surface area contributed by atoms with Crippen LogP contribution < -0.4 is 0 Å². The monoisotopic (exact) mass is 392 g/mol. The van der Waals surface area contributed by atoms with Crippen molar-refractivity contribution in [3.8, 4) is 0 Å². The minimum absolute atomic E-state index is 0.0958. The largest absolute Gasteiger partial charge is 0.380 e. The Bertz CT molecular complexity index is 854. The Morgan fingerprint density at radius 3 is 2.55 bits per heavy atom. The van der Waals surface area contributed by atoms with E-state index in [-0.39, 0.29) is 24.4 Å². The van der Waals surface area contributed by atoms with E-state index >= 15 is 0 Å². The number of Topliss-reactive ketones (excluding diaryl/α,β-unsaturated/α-hetero) is 1. The molecule has 0 amide bonds. The maximum Gasteiger partial charge on any atom is 0.170 e. The first kappa shape index (κ1) is 21.2. The van der Waals surface area contributed by atoms with Crippen molar-refractivity contribution in [2.45, 2.75) is 25.6 Å². The van der Waals surface area contributed by atoms with Crippen LogP contribution in [0.25, 0.3) is 0 Å². The van der Waals surface area contributed by atoms with Crippen molar-refractivity contribution in [3.63, 3.8) is 0 Å². The van der Waals surface area contributed by atoms with Crippen molar-refractivity contribution >= 4 is 5.78 Å². The van der Waals surface area contributed by atoms with Crippen LogP contribution in [0.4, 0.5) is 0 Å². The fraction of sp³-hybridized carbons (Fsp3) is 0.320. The molecule has 2 aromatic rings. The van der Waals surface area contributed by atoms with E-state index in [0.717, 1.165) is 28.7 Å². The van der Waals surface area contributed by atoms with Gasteiger partial charge in [-0.15, -0.1) is 0 Å². The Hall–Kier alpha value is -2.53. The summed E-state index contributed by atoms with van der Waals surface area (Å²) >= 11 is 0. The Kier molecular flexibility index (Phi) is 7.94. The summed E-state index contributed by atoms with van der Waals surface area (Å²) in [5.74, 6) is -0.0626. The highest BCUT2D eigenvalue weighted by molar-refractivity contribution is 6.01. The number of allylic oxidation sites excluding steroid dienone is 4. The molecule has 2 unspecified atom stereocenters. The van der Waals surface area contributed by atoms with Crippen molar-refractivity contribution in [1.82, 2.24) is 0 Å². The van der Waals surface area contributed by atoms with Gasteiger partial charge in [0.15, 0.2) is 5.78 Å². The molecule has 0 aromatic heterocycles. The SMILES string of the molecule is COCOCc1ccc(COC)c(C(C(=O)c2ccccc2)C2C=CC=CC2)c1. The van der Waals surface area contributed by atoms with Crippen LogP contribution >= 0.6 is 0 Å². The molecule has 0 aliphatic heterocycles. The highest BCUT2D eigenvalue weighted by atomic mass is 16.7. The third-order valence-electron chi connectivity index (χ3n) is 5.10. The van der Waals surface area contributed by atoms with Gasteiger partial charge in [-0.25, -0.2) is 0 Å². The lowest BCUT2D eigenvalue weighted by molar-refractivity contribution is -0.0391. The zero-order chi connectivity index (χ0) is 20.5. The minimum atomic E-state index is -0.286. The highest BCUT2D eigenvalue weighted by Gasteiger charge is 2.31. The van der Waals surface area contributed by atoms with Crippen LogP contribution in [0.5, 0.6) is 0 Å². The van der Waals surface area contributed by atoms with E-state index in [9.17, 15) is 4.79 Å². The van der Waals surface area contributed by atoms with Gasteiger partial charge in [-0.1, -0.05) is 72.8 Å². The summed E-state index contributed by atoms with van der Waals surface area (Å²) < 4.78 is 15.9. The van der Waals surface area contributed by atoms with E-state index in [1.165, 1.54) is 0 Å². The predicted molar refractivity (Wildman–Crippen MR) is 114 cm³/mol. The lowest BCUT2D eigenvalue weighted by Crippen LogP contribution is -2.23. The normalized spacial score (nSPS) is 16.7. The molecule has 1 aliphatic rings. The Labute approximate surface area is 172 Å². The highest BCUT2D eigenvalue weighted by Crippen LogP contribution is 2.36. The van der Waals surface area contributed by atoms with Gasteiger partial charge in [0, 0.05) is 19.8 Å². The lowest BCUT2D eigenvalue weighted by Gasteiger charge is -2.27. The van der Waals surface area contributed by atoms with Crippen LogP contribution in [0.15, 0.2) is 72.8 Å². The van der Waals surface area contributed by atoms with Crippen molar-refractivity contribution < 1.29 is 19.0 Å². The summed E-state index contributed by atoms with van der Waals surface area (Å²) in [6, 6.07) is 15.7. The molecule has 0 fully saturated rings. The second-order valence-electron chi connectivity index (χ2n) is 7.14. The van der Waals surface area contributed by atoms with Gasteiger partial charge in [-0.2, -0.15) is 0 Å². The number of hydrogen-bond donors (Lipinski definition) is 0. The molecule has 3 rings (SSSR count). The second kappa shape index (κ2) is 10.9. The maximum absolute atomic E-state index is 13.6. The van der Waals surface area contributed by atoms with Gasteiger partial charge in [0.1, 0.15) is 6.79 Å². The number of carbonyl (C=O) groups excluding carboxylic acids is 1. The van der Waals surface area contributed by atoms with Crippen LogP contribution in [0.3, 0.4) is 0 Å². The average Bonchev–Trinajstić information content (AvgIpc) is 2.77. The smallest absolute Gasteiger partial charge is 0.170 e. The summed E-state index contributed by atoms with van der Waals surface area (Å²) in [6.45, 7) is 1.12. The first-order chi connectivity index (χ1) is 14.2. The van der Waals surface area contributed by atoms with Gasteiger partial charge < -0.3 is 14.2 Å². The standard InChI is InChI=1S/C25H28O4/c1-27-17-22-14-13-19(16-29-18-28-2)15-23(22)24(20-9-5-3-6-10-20)25(26)21-11-7-4-8-12-21/h3-9,11-15,20,24H,10,16-18H2,1-2H3. The molecular weight excluding hydrogens is 364 g/mol. The van der Waals surface area contributed by atoms with Gasteiger partial charge in [0.25, 0.3) is 0 Å². The number of hydrogen-bond acceptors (Lipinski definition) is 4. The van der Waals surface area contributed by atoms with Crippen molar-refractivity contribution in [2.75, 3.05) is 21.0 Å². The summed E-state index contributed by atoms with van der Waals surface area (Å²) in [7, 11) is 3.28. The molecule has 152 valence electrons. The molecule has 0 spiro atoms. The fourth-order valence-corrected chi connectivity index (χ4v) is 3.75. The summed E-state index contributed by atoms with van der Waals surface area (Å²) in [6.07, 6.45) is 9.15. The molecule has 2 aromatic carbocycles. The number of ether oxygens (including phenoxy) is 3. The predicted octanol–water partition coefficient (Wildman–Crippen LogP) is 5.05. The van der Waals surface area contributed by atoms with Crippen LogP contribution in [0, 0.1) is 5.92 Å². The van der Waals surface area contributed by atoms with Gasteiger partial charge in [-0.05, 0) is 29.0 Å². The summed E-state index contributed by atoms with van der Waals surface area (Å²) in [5.41, 5.74) is 3.77. The molecule has 0 N–H and O–H groups in total. The maximum atomic E-state index is 13.6. The first-order valence-electron chi connectivity index (χ1n) is 9.84. The molecule has 29 heavy (non-hydrogen) atoms. The van der Waals surface area contributed by atoms with E-state index < -0.39 is 0 Å². The van der Waals surface area contributed by atoms with E-state index in [1.807, 2.05) is 54.6 Å². The third-order valence-corrected chi connectivity index (χ3v) is 5.10. The van der Waals surface area contributed by atoms with Gasteiger partial charge in [0.2, 0.25) is 0 Å². The topological polar surface area (TPSA) is 44.8 Å². The zero-order valence-electron chi connectivity index (χ0n) is 17.0. The van der Waals surface area contributed by atoms with Gasteiger partial charge >= 0.3 is 0 Å². The van der Waals surface area contributed by atoms with Crippen molar-refractivity contribution in [1.29, 1.82) is 0 Å². The number of methoxy groups -OCH3 is 2.